The van der Waals surface area contributed by atoms with E-state index in [1.165, 1.54) is 5.56 Å². The van der Waals surface area contributed by atoms with Crippen LogP contribution < -0.4 is 5.73 Å². The van der Waals surface area contributed by atoms with Gasteiger partial charge in [0.25, 0.3) is 0 Å². The number of furan rings is 1. The van der Waals surface area contributed by atoms with Crippen LogP contribution in [0.2, 0.25) is 0 Å². The maximum atomic E-state index is 5.76. The van der Waals surface area contributed by atoms with Gasteiger partial charge in [-0.2, -0.15) is 0 Å². The Morgan fingerprint density at radius 2 is 2.17 bits per heavy atom. The van der Waals surface area contributed by atoms with Crippen LogP contribution in [0.1, 0.15) is 43.1 Å². The smallest absolute Gasteiger partial charge is 0.134 e. The molecule has 18 heavy (non-hydrogen) atoms. The Morgan fingerprint density at radius 3 is 2.78 bits per heavy atom. The SMILES string of the molecule is CCC(C)c1ccc2oc(CN)c(COC)c2c1. The lowest BCUT2D eigenvalue weighted by molar-refractivity contribution is 0.184. The summed E-state index contributed by atoms with van der Waals surface area (Å²) in [6.07, 6.45) is 1.13. The lowest BCUT2D eigenvalue weighted by atomic mass is 9.96. The van der Waals surface area contributed by atoms with Crippen LogP contribution >= 0.6 is 0 Å². The zero-order chi connectivity index (χ0) is 13.1. The number of hydrogen-bond donors (Lipinski definition) is 1. The highest BCUT2D eigenvalue weighted by Gasteiger charge is 2.14. The van der Waals surface area contributed by atoms with Crippen molar-refractivity contribution in [2.45, 2.75) is 39.3 Å². The predicted octanol–water partition coefficient (Wildman–Crippen LogP) is 3.55. The number of ether oxygens (including phenoxy) is 1. The molecule has 1 heterocycles. The Balaban J connectivity index is 2.55. The molecule has 2 N–H and O–H groups in total. The second kappa shape index (κ2) is 5.55. The summed E-state index contributed by atoms with van der Waals surface area (Å²) in [4.78, 5) is 0. The van der Waals surface area contributed by atoms with Gasteiger partial charge in [0.15, 0.2) is 0 Å². The second-order valence-corrected chi connectivity index (χ2v) is 4.71. The molecule has 1 aromatic heterocycles. The molecule has 0 aliphatic rings. The minimum absolute atomic E-state index is 0.409. The fourth-order valence-corrected chi connectivity index (χ4v) is 2.23. The summed E-state index contributed by atoms with van der Waals surface area (Å²) in [5.74, 6) is 1.38. The van der Waals surface area contributed by atoms with Gasteiger partial charge in [-0.25, -0.2) is 0 Å². The van der Waals surface area contributed by atoms with Crippen LogP contribution in [0.25, 0.3) is 11.0 Å². The quantitative estimate of drug-likeness (QED) is 0.879. The van der Waals surface area contributed by atoms with Crippen molar-refractivity contribution in [1.29, 1.82) is 0 Å². The third-order valence-corrected chi connectivity index (χ3v) is 3.55. The average Bonchev–Trinajstić information content (AvgIpc) is 2.75. The van der Waals surface area contributed by atoms with Gasteiger partial charge in [-0.3, -0.25) is 0 Å². The number of methoxy groups -OCH3 is 1. The predicted molar refractivity (Wildman–Crippen MR) is 73.5 cm³/mol. The molecule has 0 bridgehead atoms. The maximum absolute atomic E-state index is 5.76. The Hall–Kier alpha value is -1.32. The molecule has 1 unspecified atom stereocenters. The summed E-state index contributed by atoms with van der Waals surface area (Å²) >= 11 is 0. The highest BCUT2D eigenvalue weighted by Crippen LogP contribution is 2.30. The summed E-state index contributed by atoms with van der Waals surface area (Å²) in [7, 11) is 1.69. The molecule has 1 atom stereocenters. The Morgan fingerprint density at radius 1 is 1.39 bits per heavy atom. The third kappa shape index (κ3) is 2.28. The van der Waals surface area contributed by atoms with E-state index in [-0.39, 0.29) is 0 Å². The summed E-state index contributed by atoms with van der Waals surface area (Å²) in [6, 6.07) is 6.38. The van der Waals surface area contributed by atoms with Crippen LogP contribution in [0.3, 0.4) is 0 Å². The van der Waals surface area contributed by atoms with Crippen molar-refractivity contribution in [1.82, 2.24) is 0 Å². The third-order valence-electron chi connectivity index (χ3n) is 3.55. The van der Waals surface area contributed by atoms with Gasteiger partial charge in [-0.1, -0.05) is 19.9 Å². The first kappa shape index (κ1) is 13.1. The van der Waals surface area contributed by atoms with Gasteiger partial charge in [0.2, 0.25) is 0 Å². The fraction of sp³-hybridized carbons (Fsp3) is 0.467. The monoisotopic (exact) mass is 247 g/mol. The van der Waals surface area contributed by atoms with Crippen LogP contribution in [0, 0.1) is 0 Å². The highest BCUT2D eigenvalue weighted by atomic mass is 16.5. The van der Waals surface area contributed by atoms with Gasteiger partial charge < -0.3 is 14.9 Å². The summed E-state index contributed by atoms with van der Waals surface area (Å²) in [5.41, 5.74) is 9.04. The lowest BCUT2D eigenvalue weighted by Crippen LogP contribution is -1.99. The molecule has 1 aromatic carbocycles. The van der Waals surface area contributed by atoms with Crippen molar-refractivity contribution in [2.75, 3.05) is 7.11 Å². The molecular weight excluding hydrogens is 226 g/mol. The molecule has 98 valence electrons. The van der Waals surface area contributed by atoms with Gasteiger partial charge in [0.1, 0.15) is 11.3 Å². The molecule has 0 fully saturated rings. The molecule has 0 spiro atoms. The van der Waals surface area contributed by atoms with Crippen LogP contribution in [-0.4, -0.2) is 7.11 Å². The first-order valence-electron chi connectivity index (χ1n) is 6.44. The average molecular weight is 247 g/mol. The first-order valence-corrected chi connectivity index (χ1v) is 6.44. The van der Waals surface area contributed by atoms with Gasteiger partial charge in [-0.15, -0.1) is 0 Å². The zero-order valence-electron chi connectivity index (χ0n) is 11.3. The normalized spacial score (nSPS) is 13.1. The van der Waals surface area contributed by atoms with E-state index in [0.29, 0.717) is 19.1 Å². The van der Waals surface area contributed by atoms with Crippen molar-refractivity contribution in [3.63, 3.8) is 0 Å². The molecular formula is C15H21NO2. The van der Waals surface area contributed by atoms with Gasteiger partial charge >= 0.3 is 0 Å². The molecule has 2 aromatic rings. The van der Waals surface area contributed by atoms with E-state index in [1.807, 2.05) is 6.07 Å². The molecule has 0 aliphatic carbocycles. The Bertz CT molecular complexity index is 531. The first-order chi connectivity index (χ1) is 8.71. The number of benzene rings is 1. The van der Waals surface area contributed by atoms with E-state index in [2.05, 4.69) is 26.0 Å². The molecule has 0 radical (unpaired) electrons. The van der Waals surface area contributed by atoms with E-state index < -0.39 is 0 Å². The van der Waals surface area contributed by atoms with E-state index in [1.54, 1.807) is 7.11 Å². The molecule has 3 heteroatoms. The van der Waals surface area contributed by atoms with Crippen molar-refractivity contribution in [2.24, 2.45) is 5.73 Å². The fourth-order valence-electron chi connectivity index (χ4n) is 2.23. The number of hydrogen-bond acceptors (Lipinski definition) is 3. The lowest BCUT2D eigenvalue weighted by Gasteiger charge is -2.08. The topological polar surface area (TPSA) is 48.4 Å². The maximum Gasteiger partial charge on any atom is 0.134 e. The van der Waals surface area contributed by atoms with E-state index in [0.717, 1.165) is 28.7 Å². The largest absolute Gasteiger partial charge is 0.459 e. The zero-order valence-corrected chi connectivity index (χ0v) is 11.3. The van der Waals surface area contributed by atoms with E-state index in [9.17, 15) is 0 Å². The van der Waals surface area contributed by atoms with Crippen molar-refractivity contribution < 1.29 is 9.15 Å². The summed E-state index contributed by atoms with van der Waals surface area (Å²) in [5, 5.41) is 1.13. The van der Waals surface area contributed by atoms with Crippen molar-refractivity contribution in [3.05, 3.63) is 35.1 Å². The molecule has 2 rings (SSSR count). The van der Waals surface area contributed by atoms with Crippen molar-refractivity contribution >= 4 is 11.0 Å². The van der Waals surface area contributed by atoms with Gasteiger partial charge in [0.05, 0.1) is 13.2 Å². The highest BCUT2D eigenvalue weighted by molar-refractivity contribution is 5.83. The Labute approximate surface area is 108 Å². The molecule has 0 amide bonds. The standard InChI is InChI=1S/C15H21NO2/c1-4-10(2)11-5-6-14-12(7-11)13(9-17-3)15(8-16)18-14/h5-7,10H,4,8-9,16H2,1-3H3. The van der Waals surface area contributed by atoms with E-state index >= 15 is 0 Å². The van der Waals surface area contributed by atoms with Gasteiger partial charge in [-0.05, 0) is 30.0 Å². The molecule has 0 aliphatic heterocycles. The minimum Gasteiger partial charge on any atom is -0.459 e. The van der Waals surface area contributed by atoms with Gasteiger partial charge in [0, 0.05) is 18.1 Å². The number of nitrogens with two attached hydrogens (primary N) is 1. The number of rotatable bonds is 5. The second-order valence-electron chi connectivity index (χ2n) is 4.71. The van der Waals surface area contributed by atoms with E-state index in [4.69, 9.17) is 14.9 Å². The molecule has 0 saturated carbocycles. The summed E-state index contributed by atoms with van der Waals surface area (Å²) in [6.45, 7) is 5.39. The van der Waals surface area contributed by atoms with Crippen LogP contribution in [-0.2, 0) is 17.9 Å². The molecule has 3 nitrogen and oxygen atoms in total. The van der Waals surface area contributed by atoms with Crippen LogP contribution in [0.5, 0.6) is 0 Å². The van der Waals surface area contributed by atoms with Crippen LogP contribution in [0.15, 0.2) is 22.6 Å². The summed E-state index contributed by atoms with van der Waals surface area (Å²) < 4.78 is 11.0. The number of fused-ring (bicyclic) bond motifs is 1. The Kier molecular flexibility index (Phi) is 4.04. The van der Waals surface area contributed by atoms with Crippen molar-refractivity contribution in [3.8, 4) is 0 Å². The van der Waals surface area contributed by atoms with Crippen LogP contribution in [0.4, 0.5) is 0 Å². The minimum atomic E-state index is 0.409. The molecule has 0 saturated heterocycles.